The summed E-state index contributed by atoms with van der Waals surface area (Å²) in [5, 5.41) is 8.84. The van der Waals surface area contributed by atoms with Gasteiger partial charge < -0.3 is 19.1 Å². The second-order valence-corrected chi connectivity index (χ2v) is 7.30. The standard InChI is InChI=1S/C17H29NO6/c1-12(13(2)15(21)23-7)10-17(3,4)16(22)24-9-8-18(5,6)11-14(19)20/h8-11H2,1-7H3/p+1/b13-12+. The molecule has 0 rings (SSSR count). The summed E-state index contributed by atoms with van der Waals surface area (Å²) in [5.41, 5.74) is 0.465. The summed E-state index contributed by atoms with van der Waals surface area (Å²) in [6.45, 7) is 7.45. The van der Waals surface area contributed by atoms with Crippen LogP contribution in [0.4, 0.5) is 0 Å². The Hall–Kier alpha value is -1.89. The molecule has 0 atom stereocenters. The molecular formula is C17H30NO6+. The van der Waals surface area contributed by atoms with E-state index < -0.39 is 17.4 Å². The second kappa shape index (κ2) is 8.82. The van der Waals surface area contributed by atoms with E-state index in [0.717, 1.165) is 5.57 Å². The first-order valence-corrected chi connectivity index (χ1v) is 7.78. The number of carbonyl (C=O) groups is 3. The molecule has 138 valence electrons. The van der Waals surface area contributed by atoms with E-state index in [-0.39, 0.29) is 23.6 Å². The third-order valence-corrected chi connectivity index (χ3v) is 3.88. The molecule has 0 amide bonds. The van der Waals surface area contributed by atoms with Crippen LogP contribution in [0.3, 0.4) is 0 Å². The first-order valence-electron chi connectivity index (χ1n) is 7.78. The Balaban J connectivity index is 4.69. The summed E-state index contributed by atoms with van der Waals surface area (Å²) in [6.07, 6.45) is 0.375. The zero-order valence-electron chi connectivity index (χ0n) is 15.8. The van der Waals surface area contributed by atoms with Gasteiger partial charge in [0.25, 0.3) is 0 Å². The number of methoxy groups -OCH3 is 1. The number of allylic oxidation sites excluding steroid dienone is 1. The van der Waals surface area contributed by atoms with Gasteiger partial charge in [0.1, 0.15) is 13.2 Å². The molecule has 0 unspecified atom stereocenters. The van der Waals surface area contributed by atoms with Gasteiger partial charge >= 0.3 is 17.9 Å². The van der Waals surface area contributed by atoms with Gasteiger partial charge in [0.05, 0.1) is 26.6 Å². The van der Waals surface area contributed by atoms with E-state index in [2.05, 4.69) is 4.74 Å². The van der Waals surface area contributed by atoms with Gasteiger partial charge in [-0.15, -0.1) is 0 Å². The predicted octanol–water partition coefficient (Wildman–Crippen LogP) is 1.62. The molecule has 0 fully saturated rings. The number of ether oxygens (including phenoxy) is 2. The molecule has 0 heterocycles. The molecule has 0 aliphatic carbocycles. The van der Waals surface area contributed by atoms with E-state index in [1.54, 1.807) is 41.8 Å². The van der Waals surface area contributed by atoms with E-state index in [1.807, 2.05) is 0 Å². The lowest BCUT2D eigenvalue weighted by Gasteiger charge is -2.29. The number of carboxylic acids is 1. The highest BCUT2D eigenvalue weighted by atomic mass is 16.5. The van der Waals surface area contributed by atoms with Crippen molar-refractivity contribution in [3.8, 4) is 0 Å². The van der Waals surface area contributed by atoms with Crippen LogP contribution in [0, 0.1) is 5.41 Å². The topological polar surface area (TPSA) is 89.9 Å². The fourth-order valence-corrected chi connectivity index (χ4v) is 2.22. The maximum atomic E-state index is 12.3. The molecule has 0 aliphatic rings. The zero-order valence-corrected chi connectivity index (χ0v) is 15.8. The minimum atomic E-state index is -0.897. The number of esters is 2. The van der Waals surface area contributed by atoms with E-state index in [0.29, 0.717) is 18.5 Å². The van der Waals surface area contributed by atoms with Crippen LogP contribution in [0.5, 0.6) is 0 Å². The maximum absolute atomic E-state index is 12.3. The highest BCUT2D eigenvalue weighted by Crippen LogP contribution is 2.28. The number of rotatable bonds is 9. The number of hydrogen-bond donors (Lipinski definition) is 1. The van der Waals surface area contributed by atoms with Gasteiger partial charge in [-0.05, 0) is 34.1 Å². The summed E-state index contributed by atoms with van der Waals surface area (Å²) >= 11 is 0. The van der Waals surface area contributed by atoms with E-state index in [4.69, 9.17) is 9.84 Å². The van der Waals surface area contributed by atoms with Crippen LogP contribution < -0.4 is 0 Å². The Morgan fingerprint density at radius 2 is 1.67 bits per heavy atom. The Morgan fingerprint density at radius 3 is 2.12 bits per heavy atom. The fourth-order valence-electron chi connectivity index (χ4n) is 2.22. The molecule has 0 aromatic heterocycles. The van der Waals surface area contributed by atoms with Crippen molar-refractivity contribution in [2.24, 2.45) is 5.41 Å². The third-order valence-electron chi connectivity index (χ3n) is 3.88. The van der Waals surface area contributed by atoms with Crippen LogP contribution in [0.25, 0.3) is 0 Å². The first kappa shape index (κ1) is 22.1. The van der Waals surface area contributed by atoms with E-state index in [1.165, 1.54) is 7.11 Å². The predicted molar refractivity (Wildman–Crippen MR) is 89.2 cm³/mol. The Labute approximate surface area is 143 Å². The number of carboxylic acid groups (broad SMARTS) is 1. The van der Waals surface area contributed by atoms with Gasteiger partial charge in [-0.2, -0.15) is 0 Å². The van der Waals surface area contributed by atoms with Crippen LogP contribution in [0.1, 0.15) is 34.1 Å². The molecule has 0 radical (unpaired) electrons. The van der Waals surface area contributed by atoms with Crippen molar-refractivity contribution < 1.29 is 33.4 Å². The van der Waals surface area contributed by atoms with Crippen LogP contribution in [0.15, 0.2) is 11.1 Å². The largest absolute Gasteiger partial charge is 0.477 e. The second-order valence-electron chi connectivity index (χ2n) is 7.30. The average molecular weight is 344 g/mol. The summed E-state index contributed by atoms with van der Waals surface area (Å²) in [4.78, 5) is 34.6. The van der Waals surface area contributed by atoms with Crippen LogP contribution in [-0.2, 0) is 23.9 Å². The minimum absolute atomic E-state index is 0.0406. The number of likely N-dealkylation sites (N-methyl/N-ethyl adjacent to an activating group) is 1. The highest BCUT2D eigenvalue weighted by Gasteiger charge is 2.31. The Bertz CT molecular complexity index is 519. The SMILES string of the molecule is COC(=O)/C(C)=C(\C)CC(C)(C)C(=O)OCC[N+](C)(C)CC(=O)O. The van der Waals surface area contributed by atoms with Gasteiger partial charge in [-0.1, -0.05) is 5.57 Å². The van der Waals surface area contributed by atoms with Gasteiger partial charge in [0, 0.05) is 5.57 Å². The lowest BCUT2D eigenvalue weighted by molar-refractivity contribution is -0.883. The molecule has 0 saturated carbocycles. The summed E-state index contributed by atoms with van der Waals surface area (Å²) in [6, 6.07) is 0. The monoisotopic (exact) mass is 344 g/mol. The molecule has 24 heavy (non-hydrogen) atoms. The smallest absolute Gasteiger partial charge is 0.359 e. The Kier molecular flexibility index (Phi) is 8.13. The van der Waals surface area contributed by atoms with E-state index in [9.17, 15) is 14.4 Å². The molecule has 0 saturated heterocycles. The number of nitrogens with zero attached hydrogens (tertiary/aromatic N) is 1. The van der Waals surface area contributed by atoms with Crippen molar-refractivity contribution in [1.82, 2.24) is 0 Å². The molecule has 0 bridgehead atoms. The van der Waals surface area contributed by atoms with Crippen molar-refractivity contribution in [2.45, 2.75) is 34.1 Å². The van der Waals surface area contributed by atoms with Crippen LogP contribution in [-0.4, -0.2) is 68.4 Å². The lowest BCUT2D eigenvalue weighted by Crippen LogP contribution is -2.46. The lowest BCUT2D eigenvalue weighted by atomic mass is 9.84. The molecule has 7 nitrogen and oxygen atoms in total. The molecular weight excluding hydrogens is 314 g/mol. The number of quaternary nitrogens is 1. The maximum Gasteiger partial charge on any atom is 0.359 e. The molecule has 0 aromatic rings. The number of hydrogen-bond acceptors (Lipinski definition) is 5. The van der Waals surface area contributed by atoms with E-state index >= 15 is 0 Å². The number of aliphatic carboxylic acids is 1. The van der Waals surface area contributed by atoms with Gasteiger partial charge in [-0.3, -0.25) is 4.79 Å². The third kappa shape index (κ3) is 7.59. The summed E-state index contributed by atoms with van der Waals surface area (Å²) < 4.78 is 10.2. The Morgan fingerprint density at radius 1 is 1.12 bits per heavy atom. The zero-order chi connectivity index (χ0) is 19.1. The molecule has 0 aliphatic heterocycles. The molecule has 0 spiro atoms. The van der Waals surface area contributed by atoms with Crippen LogP contribution >= 0.6 is 0 Å². The fraction of sp³-hybridized carbons (Fsp3) is 0.706. The molecule has 1 N–H and O–H groups in total. The van der Waals surface area contributed by atoms with Crippen molar-refractivity contribution in [2.75, 3.05) is 40.9 Å². The minimum Gasteiger partial charge on any atom is -0.477 e. The van der Waals surface area contributed by atoms with Crippen molar-refractivity contribution in [3.63, 3.8) is 0 Å². The van der Waals surface area contributed by atoms with Crippen molar-refractivity contribution >= 4 is 17.9 Å². The normalized spacial score (nSPS) is 13.1. The first-order chi connectivity index (χ1) is 10.8. The van der Waals surface area contributed by atoms with Gasteiger partial charge in [0.15, 0.2) is 6.54 Å². The summed E-state index contributed by atoms with van der Waals surface area (Å²) in [7, 11) is 4.84. The van der Waals surface area contributed by atoms with Gasteiger partial charge in [-0.25, -0.2) is 9.59 Å². The number of carbonyl (C=O) groups excluding carboxylic acids is 2. The highest BCUT2D eigenvalue weighted by molar-refractivity contribution is 5.88. The van der Waals surface area contributed by atoms with Crippen LogP contribution in [0.2, 0.25) is 0 Å². The molecule has 7 heteroatoms. The van der Waals surface area contributed by atoms with Crippen molar-refractivity contribution in [3.05, 3.63) is 11.1 Å². The summed E-state index contributed by atoms with van der Waals surface area (Å²) in [5.74, 6) is -1.69. The average Bonchev–Trinajstić information content (AvgIpc) is 2.43. The molecule has 0 aromatic carbocycles. The van der Waals surface area contributed by atoms with Crippen molar-refractivity contribution in [1.29, 1.82) is 0 Å². The quantitative estimate of drug-likeness (QED) is 0.388. The van der Waals surface area contributed by atoms with Gasteiger partial charge in [0.2, 0.25) is 0 Å².